The third-order valence-electron chi connectivity index (χ3n) is 1.87. The van der Waals surface area contributed by atoms with Crippen LogP contribution in [0.4, 0.5) is 5.95 Å². The number of nitrogens with zero attached hydrogens (tertiary/aromatic N) is 4. The van der Waals surface area contributed by atoms with Gasteiger partial charge in [0.25, 0.3) is 5.95 Å². The van der Waals surface area contributed by atoms with E-state index in [9.17, 15) is 0 Å². The average molecular weight is 237 g/mol. The molecule has 2 heterocycles. The minimum atomic E-state index is 0.323. The van der Waals surface area contributed by atoms with Crippen LogP contribution in [-0.2, 0) is 5.75 Å². The zero-order valence-electron chi connectivity index (χ0n) is 8.37. The summed E-state index contributed by atoms with van der Waals surface area (Å²) in [5.41, 5.74) is 3.31. The van der Waals surface area contributed by atoms with Crippen molar-refractivity contribution in [1.82, 2.24) is 19.9 Å². The van der Waals surface area contributed by atoms with Crippen molar-refractivity contribution >= 4 is 17.7 Å². The summed E-state index contributed by atoms with van der Waals surface area (Å²) in [7, 11) is 0. The number of aromatic nitrogens is 4. The lowest BCUT2D eigenvalue weighted by Gasteiger charge is -2.01. The molecule has 0 fully saturated rings. The van der Waals surface area contributed by atoms with Crippen molar-refractivity contribution in [1.29, 1.82) is 0 Å². The summed E-state index contributed by atoms with van der Waals surface area (Å²) in [6, 6.07) is 5.74. The van der Waals surface area contributed by atoms with Crippen molar-refractivity contribution in [2.75, 3.05) is 11.3 Å². The topological polar surface area (TPSA) is 108 Å². The van der Waals surface area contributed by atoms with E-state index in [1.807, 2.05) is 18.2 Å². The van der Waals surface area contributed by atoms with E-state index < -0.39 is 0 Å². The Morgan fingerprint density at radius 1 is 1.38 bits per heavy atom. The fraction of sp³-hybridized carbons (Fsp3) is 0.125. The summed E-state index contributed by atoms with van der Waals surface area (Å²) in [4.78, 5) is 4.19. The first-order chi connectivity index (χ1) is 7.81. The maximum atomic E-state index is 5.69. The zero-order valence-corrected chi connectivity index (χ0v) is 9.18. The molecule has 0 bridgehead atoms. The molecule has 0 aliphatic heterocycles. The second-order valence-corrected chi connectivity index (χ2v) is 3.87. The predicted octanol–water partition coefficient (Wildman–Crippen LogP) is -0.0352. The molecular weight excluding hydrogens is 226 g/mol. The Labute approximate surface area is 96.2 Å². The lowest BCUT2D eigenvalue weighted by atomic mass is 10.4. The van der Waals surface area contributed by atoms with E-state index in [2.05, 4.69) is 20.6 Å². The number of nitrogens with one attached hydrogen (secondary N) is 1. The van der Waals surface area contributed by atoms with Crippen molar-refractivity contribution in [3.05, 3.63) is 30.1 Å². The molecule has 7 nitrogen and oxygen atoms in total. The van der Waals surface area contributed by atoms with Crippen LogP contribution in [0.25, 0.3) is 0 Å². The van der Waals surface area contributed by atoms with Crippen LogP contribution >= 0.6 is 11.8 Å². The molecule has 2 aromatic heterocycles. The SMILES string of the molecule is NNc1nnc(SCc2ccccn2)n1N. The van der Waals surface area contributed by atoms with E-state index in [1.54, 1.807) is 6.20 Å². The molecule has 0 aliphatic carbocycles. The first kappa shape index (κ1) is 10.7. The average Bonchev–Trinajstić information content (AvgIpc) is 2.69. The maximum absolute atomic E-state index is 5.69. The van der Waals surface area contributed by atoms with E-state index in [0.29, 0.717) is 16.9 Å². The molecule has 0 saturated carbocycles. The largest absolute Gasteiger partial charge is 0.334 e. The van der Waals surface area contributed by atoms with Crippen LogP contribution in [0.1, 0.15) is 5.69 Å². The number of hydrazine groups is 1. The summed E-state index contributed by atoms with van der Waals surface area (Å²) in [6.07, 6.45) is 1.75. The Balaban J connectivity index is 2.02. The van der Waals surface area contributed by atoms with Gasteiger partial charge in [0, 0.05) is 11.9 Å². The number of pyridine rings is 1. The number of nitrogen functional groups attached to an aromatic ring is 2. The van der Waals surface area contributed by atoms with Crippen LogP contribution in [0, 0.1) is 0 Å². The van der Waals surface area contributed by atoms with Crippen LogP contribution < -0.4 is 17.1 Å². The number of thioether (sulfide) groups is 1. The summed E-state index contributed by atoms with van der Waals surface area (Å²) >= 11 is 1.44. The van der Waals surface area contributed by atoms with Crippen LogP contribution in [-0.4, -0.2) is 19.9 Å². The predicted molar refractivity (Wildman–Crippen MR) is 61.8 cm³/mol. The molecular formula is C8H11N7S. The standard InChI is InChI=1S/C8H11N7S/c9-12-7-13-14-8(15(7)10)16-5-6-3-1-2-4-11-6/h1-4H,5,9-10H2,(H,12,13). The zero-order chi connectivity index (χ0) is 11.4. The minimum absolute atomic E-state index is 0.323. The third kappa shape index (κ3) is 2.23. The first-order valence-electron chi connectivity index (χ1n) is 4.51. The molecule has 0 atom stereocenters. The summed E-state index contributed by atoms with van der Waals surface area (Å²) in [5.74, 6) is 11.9. The van der Waals surface area contributed by atoms with Gasteiger partial charge in [0.2, 0.25) is 5.16 Å². The molecule has 0 aliphatic rings. The quantitative estimate of drug-likeness (QED) is 0.389. The normalized spacial score (nSPS) is 10.3. The molecule has 0 aromatic carbocycles. The van der Waals surface area contributed by atoms with Crippen molar-refractivity contribution in [3.8, 4) is 0 Å². The van der Waals surface area contributed by atoms with E-state index in [4.69, 9.17) is 11.7 Å². The number of hydrogen-bond donors (Lipinski definition) is 3. The van der Waals surface area contributed by atoms with Crippen LogP contribution in [0.15, 0.2) is 29.6 Å². The molecule has 2 aromatic rings. The van der Waals surface area contributed by atoms with Gasteiger partial charge in [-0.3, -0.25) is 10.4 Å². The highest BCUT2D eigenvalue weighted by molar-refractivity contribution is 7.98. The molecule has 84 valence electrons. The smallest absolute Gasteiger partial charge is 0.258 e. The summed E-state index contributed by atoms with van der Waals surface area (Å²) in [5, 5.41) is 8.22. The van der Waals surface area contributed by atoms with Crippen molar-refractivity contribution in [3.63, 3.8) is 0 Å². The van der Waals surface area contributed by atoms with Gasteiger partial charge in [-0.1, -0.05) is 17.8 Å². The minimum Gasteiger partial charge on any atom is -0.334 e. The highest BCUT2D eigenvalue weighted by atomic mass is 32.2. The van der Waals surface area contributed by atoms with Crippen LogP contribution in [0.2, 0.25) is 0 Å². The van der Waals surface area contributed by atoms with Gasteiger partial charge >= 0.3 is 0 Å². The van der Waals surface area contributed by atoms with Gasteiger partial charge < -0.3 is 5.84 Å². The summed E-state index contributed by atoms with van der Waals surface area (Å²) in [6.45, 7) is 0. The Hall–Kier alpha value is -1.80. The highest BCUT2D eigenvalue weighted by Crippen LogP contribution is 2.19. The molecule has 8 heteroatoms. The van der Waals surface area contributed by atoms with E-state index in [-0.39, 0.29) is 0 Å². The number of rotatable bonds is 4. The fourth-order valence-corrected chi connectivity index (χ4v) is 1.87. The molecule has 5 N–H and O–H groups in total. The Bertz CT molecular complexity index is 455. The Morgan fingerprint density at radius 3 is 2.88 bits per heavy atom. The van der Waals surface area contributed by atoms with Gasteiger partial charge in [0.05, 0.1) is 5.69 Å². The molecule has 16 heavy (non-hydrogen) atoms. The lowest BCUT2D eigenvalue weighted by Crippen LogP contribution is -2.18. The summed E-state index contributed by atoms with van der Waals surface area (Å²) < 4.78 is 1.30. The Morgan fingerprint density at radius 2 is 2.25 bits per heavy atom. The van der Waals surface area contributed by atoms with Gasteiger partial charge in [-0.05, 0) is 12.1 Å². The fourth-order valence-electron chi connectivity index (χ4n) is 1.10. The second kappa shape index (κ2) is 4.81. The number of hydrogen-bond acceptors (Lipinski definition) is 7. The van der Waals surface area contributed by atoms with Gasteiger partial charge in [-0.25, -0.2) is 10.5 Å². The monoisotopic (exact) mass is 237 g/mol. The van der Waals surface area contributed by atoms with Crippen LogP contribution in [0.5, 0.6) is 0 Å². The highest BCUT2D eigenvalue weighted by Gasteiger charge is 2.08. The lowest BCUT2D eigenvalue weighted by molar-refractivity contribution is 0.846. The Kier molecular flexibility index (Phi) is 3.22. The maximum Gasteiger partial charge on any atom is 0.258 e. The van der Waals surface area contributed by atoms with Gasteiger partial charge in [-0.2, -0.15) is 0 Å². The number of nitrogens with two attached hydrogens (primary N) is 2. The van der Waals surface area contributed by atoms with Crippen LogP contribution in [0.3, 0.4) is 0 Å². The molecule has 0 amide bonds. The van der Waals surface area contributed by atoms with E-state index >= 15 is 0 Å². The number of anilines is 1. The van der Waals surface area contributed by atoms with Crippen molar-refractivity contribution < 1.29 is 0 Å². The van der Waals surface area contributed by atoms with Gasteiger partial charge in [-0.15, -0.1) is 10.2 Å². The van der Waals surface area contributed by atoms with Gasteiger partial charge in [0.1, 0.15) is 0 Å². The van der Waals surface area contributed by atoms with E-state index in [0.717, 1.165) is 5.69 Å². The van der Waals surface area contributed by atoms with Crippen molar-refractivity contribution in [2.24, 2.45) is 5.84 Å². The second-order valence-electron chi connectivity index (χ2n) is 2.93. The molecule has 0 radical (unpaired) electrons. The van der Waals surface area contributed by atoms with Crippen molar-refractivity contribution in [2.45, 2.75) is 10.9 Å². The molecule has 2 rings (SSSR count). The third-order valence-corrected chi connectivity index (χ3v) is 2.85. The van der Waals surface area contributed by atoms with Gasteiger partial charge in [0.15, 0.2) is 0 Å². The molecule has 0 saturated heterocycles. The molecule has 0 unspecified atom stereocenters. The molecule has 0 spiro atoms. The first-order valence-corrected chi connectivity index (χ1v) is 5.49. The van der Waals surface area contributed by atoms with E-state index in [1.165, 1.54) is 16.4 Å².